The van der Waals surface area contributed by atoms with Gasteiger partial charge in [-0.3, -0.25) is 4.79 Å². The van der Waals surface area contributed by atoms with Gasteiger partial charge in [0.2, 0.25) is 15.9 Å². The topological polar surface area (TPSA) is 60.9 Å². The second kappa shape index (κ2) is 9.10. The zero-order valence-corrected chi connectivity index (χ0v) is 19.1. The number of amides is 1. The van der Waals surface area contributed by atoms with Crippen molar-refractivity contribution in [3.05, 3.63) is 59.7 Å². The molecule has 0 spiro atoms. The van der Waals surface area contributed by atoms with Crippen molar-refractivity contribution in [3.8, 4) is 0 Å². The monoisotopic (exact) mass is 441 g/mol. The lowest BCUT2D eigenvalue weighted by molar-refractivity contribution is -0.118. The van der Waals surface area contributed by atoms with E-state index in [0.29, 0.717) is 43.4 Å². The van der Waals surface area contributed by atoms with Crippen molar-refractivity contribution in [2.45, 2.75) is 43.0 Å². The van der Waals surface area contributed by atoms with E-state index in [1.807, 2.05) is 35.2 Å². The maximum absolute atomic E-state index is 13.1. The van der Waals surface area contributed by atoms with Gasteiger partial charge in [0.1, 0.15) is 0 Å². The van der Waals surface area contributed by atoms with Crippen LogP contribution >= 0.6 is 0 Å². The molecule has 2 aromatic carbocycles. The molecule has 1 amide bonds. The highest BCUT2D eigenvalue weighted by atomic mass is 32.2. The van der Waals surface area contributed by atoms with Crippen LogP contribution in [-0.2, 0) is 27.7 Å². The average Bonchev–Trinajstić information content (AvgIpc) is 3.33. The van der Waals surface area contributed by atoms with Crippen molar-refractivity contribution in [2.75, 3.05) is 38.6 Å². The van der Waals surface area contributed by atoms with Crippen LogP contribution in [0.4, 0.5) is 5.69 Å². The Labute approximate surface area is 185 Å². The van der Waals surface area contributed by atoms with E-state index in [9.17, 15) is 13.2 Å². The molecule has 1 fully saturated rings. The van der Waals surface area contributed by atoms with Crippen LogP contribution in [-0.4, -0.2) is 63.3 Å². The summed E-state index contributed by atoms with van der Waals surface area (Å²) in [6, 6.07) is 15.5. The minimum atomic E-state index is -3.40. The SMILES string of the molecule is CN(C)[C@H]1Cc2ccccc2N(C(=O)CCc2ccc(S(=O)(=O)N3CCCC3)cc2)C1. The highest BCUT2D eigenvalue weighted by Crippen LogP contribution is 2.29. The Morgan fingerprint density at radius 2 is 1.71 bits per heavy atom. The molecule has 7 heteroatoms. The standard InChI is InChI=1S/C24H31N3O3S/c1-25(2)21-17-20-7-3-4-8-23(20)27(18-21)24(28)14-11-19-9-12-22(13-10-19)31(29,30)26-15-5-6-16-26/h3-4,7-10,12-13,21H,5-6,11,14-18H2,1-2H3/t21-/m0/s1. The van der Waals surface area contributed by atoms with Crippen molar-refractivity contribution in [3.63, 3.8) is 0 Å². The Morgan fingerprint density at radius 1 is 1.03 bits per heavy atom. The summed E-state index contributed by atoms with van der Waals surface area (Å²) in [5, 5.41) is 0. The van der Waals surface area contributed by atoms with Crippen LogP contribution < -0.4 is 4.90 Å². The molecule has 1 atom stereocenters. The second-order valence-electron chi connectivity index (χ2n) is 8.71. The number of hydrogen-bond acceptors (Lipinski definition) is 4. The van der Waals surface area contributed by atoms with Crippen molar-refractivity contribution < 1.29 is 13.2 Å². The molecular weight excluding hydrogens is 410 g/mol. The Kier molecular flexibility index (Phi) is 6.46. The number of rotatable bonds is 6. The molecule has 2 aliphatic heterocycles. The number of benzene rings is 2. The Hall–Kier alpha value is -2.22. The molecule has 0 unspecified atom stereocenters. The molecule has 2 aliphatic rings. The summed E-state index contributed by atoms with van der Waals surface area (Å²) >= 11 is 0. The summed E-state index contributed by atoms with van der Waals surface area (Å²) in [4.78, 5) is 17.5. The molecule has 2 heterocycles. The van der Waals surface area contributed by atoms with Crippen LogP contribution in [0.5, 0.6) is 0 Å². The van der Waals surface area contributed by atoms with Gasteiger partial charge in [-0.1, -0.05) is 30.3 Å². The highest BCUT2D eigenvalue weighted by molar-refractivity contribution is 7.89. The maximum Gasteiger partial charge on any atom is 0.243 e. The lowest BCUT2D eigenvalue weighted by Crippen LogP contribution is -2.48. The number of likely N-dealkylation sites (N-methyl/N-ethyl adjacent to an activating group) is 1. The predicted octanol–water partition coefficient (Wildman–Crippen LogP) is 2.92. The molecule has 6 nitrogen and oxygen atoms in total. The van der Waals surface area contributed by atoms with E-state index in [2.05, 4.69) is 25.1 Å². The zero-order valence-electron chi connectivity index (χ0n) is 18.3. The zero-order chi connectivity index (χ0) is 22.0. The summed E-state index contributed by atoms with van der Waals surface area (Å²) in [6.07, 6.45) is 3.78. The molecule has 0 saturated carbocycles. The quantitative estimate of drug-likeness (QED) is 0.692. The third kappa shape index (κ3) is 4.68. The molecule has 31 heavy (non-hydrogen) atoms. The smallest absolute Gasteiger partial charge is 0.243 e. The third-order valence-electron chi connectivity index (χ3n) is 6.42. The summed E-state index contributed by atoms with van der Waals surface area (Å²) in [7, 11) is 0.711. The highest BCUT2D eigenvalue weighted by Gasteiger charge is 2.29. The van der Waals surface area contributed by atoms with E-state index in [4.69, 9.17) is 0 Å². The van der Waals surface area contributed by atoms with Crippen LogP contribution in [0.3, 0.4) is 0 Å². The molecule has 1 saturated heterocycles. The maximum atomic E-state index is 13.1. The molecule has 0 bridgehead atoms. The first-order valence-electron chi connectivity index (χ1n) is 11.0. The third-order valence-corrected chi connectivity index (χ3v) is 8.33. The number of carbonyl (C=O) groups is 1. The van der Waals surface area contributed by atoms with Gasteiger partial charge in [0.15, 0.2) is 0 Å². The van der Waals surface area contributed by atoms with Crippen LogP contribution in [0.2, 0.25) is 0 Å². The van der Waals surface area contributed by atoms with Gasteiger partial charge in [-0.2, -0.15) is 4.31 Å². The average molecular weight is 442 g/mol. The molecule has 166 valence electrons. The van der Waals surface area contributed by atoms with E-state index in [0.717, 1.165) is 30.5 Å². The minimum absolute atomic E-state index is 0.104. The van der Waals surface area contributed by atoms with Gasteiger partial charge in [-0.25, -0.2) is 8.42 Å². The van der Waals surface area contributed by atoms with Crippen LogP contribution in [0, 0.1) is 0 Å². The number of nitrogens with zero attached hydrogens (tertiary/aromatic N) is 3. The minimum Gasteiger partial charge on any atom is -0.311 e. The first-order chi connectivity index (χ1) is 14.9. The molecule has 0 aromatic heterocycles. The number of para-hydroxylation sites is 1. The first-order valence-corrected chi connectivity index (χ1v) is 12.4. The van der Waals surface area contributed by atoms with Crippen molar-refractivity contribution in [1.29, 1.82) is 0 Å². The molecule has 2 aromatic rings. The van der Waals surface area contributed by atoms with Crippen molar-refractivity contribution in [1.82, 2.24) is 9.21 Å². The summed E-state index contributed by atoms with van der Waals surface area (Å²) in [5.41, 5.74) is 3.19. The normalized spacial score (nSPS) is 19.6. The van der Waals surface area contributed by atoms with Gasteiger partial charge in [0.05, 0.1) is 4.90 Å². The van der Waals surface area contributed by atoms with Gasteiger partial charge in [0.25, 0.3) is 0 Å². The second-order valence-corrected chi connectivity index (χ2v) is 10.6. The van der Waals surface area contributed by atoms with Crippen LogP contribution in [0.1, 0.15) is 30.4 Å². The van der Waals surface area contributed by atoms with Crippen LogP contribution in [0.25, 0.3) is 0 Å². The van der Waals surface area contributed by atoms with E-state index in [-0.39, 0.29) is 5.91 Å². The number of hydrogen-bond donors (Lipinski definition) is 0. The lowest BCUT2D eigenvalue weighted by atomic mass is 9.96. The van der Waals surface area contributed by atoms with Crippen molar-refractivity contribution >= 4 is 21.6 Å². The number of anilines is 1. The number of fused-ring (bicyclic) bond motifs is 1. The predicted molar refractivity (Wildman–Crippen MR) is 123 cm³/mol. The summed E-state index contributed by atoms with van der Waals surface area (Å²) in [5.74, 6) is 0.104. The molecule has 0 N–H and O–H groups in total. The van der Waals surface area contributed by atoms with Crippen molar-refractivity contribution in [2.24, 2.45) is 0 Å². The summed E-state index contributed by atoms with van der Waals surface area (Å²) < 4.78 is 26.9. The van der Waals surface area contributed by atoms with Gasteiger partial charge < -0.3 is 9.80 Å². The van der Waals surface area contributed by atoms with Gasteiger partial charge in [0, 0.05) is 37.8 Å². The van der Waals surface area contributed by atoms with E-state index in [1.54, 1.807) is 16.4 Å². The molecule has 0 radical (unpaired) electrons. The van der Waals surface area contributed by atoms with Crippen LogP contribution in [0.15, 0.2) is 53.4 Å². The summed E-state index contributed by atoms with van der Waals surface area (Å²) in [6.45, 7) is 1.89. The van der Waals surface area contributed by atoms with E-state index in [1.165, 1.54) is 5.56 Å². The number of aryl methyl sites for hydroxylation is 1. The molecule has 4 rings (SSSR count). The fourth-order valence-electron chi connectivity index (χ4n) is 4.45. The Bertz CT molecular complexity index is 1030. The van der Waals surface area contributed by atoms with Gasteiger partial charge in [-0.05, 0) is 69.1 Å². The Balaban J connectivity index is 1.43. The van der Waals surface area contributed by atoms with E-state index >= 15 is 0 Å². The number of sulfonamides is 1. The number of carbonyl (C=O) groups excluding carboxylic acids is 1. The first kappa shape index (κ1) is 22.0. The Morgan fingerprint density at radius 3 is 2.39 bits per heavy atom. The van der Waals surface area contributed by atoms with E-state index < -0.39 is 10.0 Å². The largest absolute Gasteiger partial charge is 0.311 e. The fourth-order valence-corrected chi connectivity index (χ4v) is 5.97. The molecule has 0 aliphatic carbocycles. The fraction of sp³-hybridized carbons (Fsp3) is 0.458. The lowest BCUT2D eigenvalue weighted by Gasteiger charge is -2.37. The van der Waals surface area contributed by atoms with Gasteiger partial charge >= 0.3 is 0 Å². The molecular formula is C24H31N3O3S. The van der Waals surface area contributed by atoms with Gasteiger partial charge in [-0.15, -0.1) is 0 Å².